The summed E-state index contributed by atoms with van der Waals surface area (Å²) in [6.45, 7) is 0. The Labute approximate surface area is 152 Å². The third-order valence-corrected chi connectivity index (χ3v) is 5.03. The monoisotopic (exact) mass is 397 g/mol. The quantitative estimate of drug-likeness (QED) is 0.734. The number of rotatable bonds is 4. The lowest BCUT2D eigenvalue weighted by Gasteiger charge is -2.07. The molecule has 0 aliphatic heterocycles. The number of benzene rings is 2. The van der Waals surface area contributed by atoms with Gasteiger partial charge in [-0.3, -0.25) is 9.48 Å². The molecule has 2 aromatic carbocycles. The predicted octanol–water partition coefficient (Wildman–Crippen LogP) is 2.85. The minimum Gasteiger partial charge on any atom is -0.266 e. The van der Waals surface area contributed by atoms with Gasteiger partial charge in [-0.2, -0.15) is 18.3 Å². The van der Waals surface area contributed by atoms with E-state index in [2.05, 4.69) is 5.10 Å². The Kier molecular flexibility index (Phi) is 4.68. The second-order valence-electron chi connectivity index (χ2n) is 5.91. The Hall–Kier alpha value is -2.88. The average molecular weight is 397 g/mol. The van der Waals surface area contributed by atoms with E-state index >= 15 is 0 Å². The van der Waals surface area contributed by atoms with Crippen LogP contribution in [0.15, 0.2) is 48.5 Å². The van der Waals surface area contributed by atoms with Gasteiger partial charge in [0.1, 0.15) is 5.69 Å². The topological polar surface area (TPSA) is 81.1 Å². The number of alkyl halides is 3. The molecular weight excluding hydrogens is 383 g/mol. The van der Waals surface area contributed by atoms with Crippen molar-refractivity contribution >= 4 is 26.7 Å². The molecule has 0 bridgehead atoms. The SMILES string of the molecule is Cn1nc(C(=O)NS(=O)(=O)Cc2ccc3ccccc3c2)cc1C(F)(F)F. The molecule has 1 heterocycles. The number of halogens is 3. The van der Waals surface area contributed by atoms with Crippen LogP contribution in [0.3, 0.4) is 0 Å². The number of fused-ring (bicyclic) bond motifs is 1. The van der Waals surface area contributed by atoms with Crippen molar-refractivity contribution in [2.45, 2.75) is 11.9 Å². The largest absolute Gasteiger partial charge is 0.433 e. The lowest BCUT2D eigenvalue weighted by Crippen LogP contribution is -2.32. The fourth-order valence-electron chi connectivity index (χ4n) is 2.62. The lowest BCUT2D eigenvalue weighted by atomic mass is 10.1. The predicted molar refractivity (Wildman–Crippen MR) is 92.2 cm³/mol. The third-order valence-electron chi connectivity index (χ3n) is 3.82. The number of nitrogens with one attached hydrogen (secondary N) is 1. The van der Waals surface area contributed by atoms with Gasteiger partial charge in [-0.1, -0.05) is 42.5 Å². The number of hydrogen-bond acceptors (Lipinski definition) is 4. The fraction of sp³-hybridized carbons (Fsp3) is 0.176. The van der Waals surface area contributed by atoms with Crippen LogP contribution in [0.4, 0.5) is 13.2 Å². The van der Waals surface area contributed by atoms with Crippen molar-refractivity contribution < 1.29 is 26.4 Å². The summed E-state index contributed by atoms with van der Waals surface area (Å²) in [7, 11) is -3.10. The Morgan fingerprint density at radius 2 is 1.78 bits per heavy atom. The first-order chi connectivity index (χ1) is 12.5. The lowest BCUT2D eigenvalue weighted by molar-refractivity contribution is -0.143. The van der Waals surface area contributed by atoms with Crippen molar-refractivity contribution in [2.75, 3.05) is 0 Å². The van der Waals surface area contributed by atoms with Gasteiger partial charge < -0.3 is 0 Å². The van der Waals surface area contributed by atoms with Crippen LogP contribution in [-0.2, 0) is 29.0 Å². The van der Waals surface area contributed by atoms with Crippen LogP contribution in [0.2, 0.25) is 0 Å². The summed E-state index contributed by atoms with van der Waals surface area (Å²) in [5, 5.41) is 5.19. The number of amides is 1. The maximum Gasteiger partial charge on any atom is 0.433 e. The standard InChI is InChI=1S/C17H14F3N3O3S/c1-23-15(17(18,19)20)9-14(21-23)16(24)22-27(25,26)10-11-6-7-12-4-2-3-5-13(12)8-11/h2-9H,10H2,1H3,(H,22,24). The first-order valence-corrected chi connectivity index (χ1v) is 9.34. The molecule has 1 aromatic heterocycles. The van der Waals surface area contributed by atoms with E-state index in [9.17, 15) is 26.4 Å². The molecule has 3 aromatic rings. The van der Waals surface area contributed by atoms with Crippen molar-refractivity contribution in [1.29, 1.82) is 0 Å². The van der Waals surface area contributed by atoms with Crippen molar-refractivity contribution in [2.24, 2.45) is 7.05 Å². The summed E-state index contributed by atoms with van der Waals surface area (Å²) in [6.07, 6.45) is -4.70. The molecular formula is C17H14F3N3O3S. The van der Waals surface area contributed by atoms with Gasteiger partial charge in [-0.25, -0.2) is 13.1 Å². The number of aromatic nitrogens is 2. The molecule has 0 atom stereocenters. The zero-order valence-electron chi connectivity index (χ0n) is 14.0. The molecule has 1 amide bonds. The van der Waals surface area contributed by atoms with E-state index < -0.39 is 39.2 Å². The Bertz CT molecular complexity index is 1120. The summed E-state index contributed by atoms with van der Waals surface area (Å²) in [4.78, 5) is 12.0. The van der Waals surface area contributed by atoms with Crippen LogP contribution in [0.5, 0.6) is 0 Å². The van der Waals surface area contributed by atoms with Crippen LogP contribution >= 0.6 is 0 Å². The number of nitrogens with zero attached hydrogens (tertiary/aromatic N) is 2. The zero-order chi connectivity index (χ0) is 19.8. The Morgan fingerprint density at radius 1 is 1.11 bits per heavy atom. The molecule has 3 rings (SSSR count). The van der Waals surface area contributed by atoms with E-state index in [0.717, 1.165) is 17.8 Å². The molecule has 0 aliphatic carbocycles. The van der Waals surface area contributed by atoms with E-state index in [1.807, 2.05) is 24.3 Å². The molecule has 0 saturated heterocycles. The van der Waals surface area contributed by atoms with Crippen LogP contribution in [0.25, 0.3) is 10.8 Å². The second kappa shape index (κ2) is 6.69. The first kappa shape index (κ1) is 18.9. The molecule has 0 radical (unpaired) electrons. The summed E-state index contributed by atoms with van der Waals surface area (Å²) < 4.78 is 65.0. The minimum absolute atomic E-state index is 0.436. The fourth-order valence-corrected chi connectivity index (χ4v) is 3.70. The highest BCUT2D eigenvalue weighted by Crippen LogP contribution is 2.29. The second-order valence-corrected chi connectivity index (χ2v) is 7.63. The highest BCUT2D eigenvalue weighted by molar-refractivity contribution is 7.89. The van der Waals surface area contributed by atoms with E-state index in [0.29, 0.717) is 16.3 Å². The molecule has 0 spiro atoms. The molecule has 0 aliphatic rings. The van der Waals surface area contributed by atoms with E-state index in [1.54, 1.807) is 22.9 Å². The number of aryl methyl sites for hydroxylation is 1. The number of carbonyl (C=O) groups excluding carboxylic acids is 1. The summed E-state index contributed by atoms with van der Waals surface area (Å²) in [6, 6.07) is 12.9. The maximum absolute atomic E-state index is 12.8. The van der Waals surface area contributed by atoms with Gasteiger partial charge in [-0.05, 0) is 16.3 Å². The van der Waals surface area contributed by atoms with E-state index in [1.165, 1.54) is 0 Å². The van der Waals surface area contributed by atoms with Gasteiger partial charge in [0, 0.05) is 13.1 Å². The van der Waals surface area contributed by atoms with Crippen LogP contribution in [0.1, 0.15) is 21.7 Å². The van der Waals surface area contributed by atoms with Crippen molar-refractivity contribution in [3.05, 3.63) is 65.5 Å². The highest BCUT2D eigenvalue weighted by atomic mass is 32.2. The summed E-state index contributed by atoms with van der Waals surface area (Å²) in [5.41, 5.74) is -1.35. The molecule has 27 heavy (non-hydrogen) atoms. The normalized spacial score (nSPS) is 12.3. The molecule has 1 N–H and O–H groups in total. The van der Waals surface area contributed by atoms with Crippen molar-refractivity contribution in [1.82, 2.24) is 14.5 Å². The van der Waals surface area contributed by atoms with Crippen molar-refractivity contribution in [3.8, 4) is 0 Å². The third kappa shape index (κ3) is 4.27. The Balaban J connectivity index is 1.78. The van der Waals surface area contributed by atoms with Crippen LogP contribution < -0.4 is 4.72 Å². The molecule has 10 heteroatoms. The number of carbonyl (C=O) groups is 1. The summed E-state index contributed by atoms with van der Waals surface area (Å²) >= 11 is 0. The molecule has 6 nitrogen and oxygen atoms in total. The van der Waals surface area contributed by atoms with E-state index in [4.69, 9.17) is 0 Å². The van der Waals surface area contributed by atoms with Crippen LogP contribution in [0, 0.1) is 0 Å². The Morgan fingerprint density at radius 3 is 2.41 bits per heavy atom. The van der Waals surface area contributed by atoms with Gasteiger partial charge in [0.25, 0.3) is 5.91 Å². The first-order valence-electron chi connectivity index (χ1n) is 7.69. The molecule has 0 fully saturated rings. The van der Waals surface area contributed by atoms with Gasteiger partial charge in [-0.15, -0.1) is 0 Å². The van der Waals surface area contributed by atoms with Crippen molar-refractivity contribution in [3.63, 3.8) is 0 Å². The van der Waals surface area contributed by atoms with Gasteiger partial charge in [0.15, 0.2) is 5.69 Å². The average Bonchev–Trinajstić information content (AvgIpc) is 2.96. The molecule has 142 valence electrons. The minimum atomic E-state index is -4.70. The maximum atomic E-state index is 12.8. The highest BCUT2D eigenvalue weighted by Gasteiger charge is 2.36. The molecule has 0 saturated carbocycles. The summed E-state index contributed by atoms with van der Waals surface area (Å²) in [5.74, 6) is -1.72. The smallest absolute Gasteiger partial charge is 0.266 e. The number of sulfonamides is 1. The number of hydrogen-bond donors (Lipinski definition) is 1. The van der Waals surface area contributed by atoms with Gasteiger partial charge in [0.05, 0.1) is 5.75 Å². The van der Waals surface area contributed by atoms with Gasteiger partial charge >= 0.3 is 6.18 Å². The van der Waals surface area contributed by atoms with Gasteiger partial charge in [0.2, 0.25) is 10.0 Å². The van der Waals surface area contributed by atoms with Crippen LogP contribution in [-0.4, -0.2) is 24.1 Å². The zero-order valence-corrected chi connectivity index (χ0v) is 14.8. The van der Waals surface area contributed by atoms with E-state index in [-0.39, 0.29) is 0 Å². The molecule has 0 unspecified atom stereocenters.